The van der Waals surface area contributed by atoms with Gasteiger partial charge in [-0.1, -0.05) is 60.3 Å². The van der Waals surface area contributed by atoms with E-state index in [9.17, 15) is 0 Å². The van der Waals surface area contributed by atoms with Crippen LogP contribution < -0.4 is 0 Å². The molecule has 0 amide bonds. The van der Waals surface area contributed by atoms with Crippen molar-refractivity contribution < 1.29 is 4.42 Å². The van der Waals surface area contributed by atoms with E-state index in [2.05, 4.69) is 32.3 Å². The minimum absolute atomic E-state index is 0.478. The van der Waals surface area contributed by atoms with Gasteiger partial charge in [0.05, 0.1) is 5.69 Å². The highest BCUT2D eigenvalue weighted by Gasteiger charge is 2.18. The van der Waals surface area contributed by atoms with Crippen molar-refractivity contribution in [3.63, 3.8) is 0 Å². The van der Waals surface area contributed by atoms with Crippen LogP contribution in [0.5, 0.6) is 0 Å². The van der Waals surface area contributed by atoms with Crippen molar-refractivity contribution in [1.29, 1.82) is 0 Å². The SMILES string of the molecule is Cc1c2nc(-c3ccccc3)oc2nc2nnc(SCc3ccccc3)n12. The monoisotopic (exact) mass is 373 g/mol. The Balaban J connectivity index is 1.57. The lowest BCUT2D eigenvalue weighted by atomic mass is 10.2. The van der Waals surface area contributed by atoms with Crippen molar-refractivity contribution in [2.45, 2.75) is 17.8 Å². The van der Waals surface area contributed by atoms with Gasteiger partial charge in [-0.3, -0.25) is 4.40 Å². The number of fused-ring (bicyclic) bond motifs is 2. The molecule has 3 heterocycles. The number of hydrogen-bond donors (Lipinski definition) is 0. The molecule has 0 saturated carbocycles. The molecule has 0 unspecified atom stereocenters. The number of benzene rings is 2. The molecular weight excluding hydrogens is 358 g/mol. The fourth-order valence-corrected chi connectivity index (χ4v) is 3.90. The van der Waals surface area contributed by atoms with E-state index in [-0.39, 0.29) is 0 Å². The van der Waals surface area contributed by atoms with E-state index in [0.29, 0.717) is 17.4 Å². The Hall–Kier alpha value is -3.19. The maximum Gasteiger partial charge on any atom is 0.259 e. The third-order valence-electron chi connectivity index (χ3n) is 4.34. The zero-order chi connectivity index (χ0) is 18.2. The molecule has 2 aromatic carbocycles. The summed E-state index contributed by atoms with van der Waals surface area (Å²) in [7, 11) is 0. The number of hydrogen-bond acceptors (Lipinski definition) is 6. The van der Waals surface area contributed by atoms with Crippen molar-refractivity contribution in [3.8, 4) is 11.5 Å². The van der Waals surface area contributed by atoms with Crippen LogP contribution in [-0.2, 0) is 5.75 Å². The summed E-state index contributed by atoms with van der Waals surface area (Å²) in [6, 6.07) is 20.1. The maximum absolute atomic E-state index is 5.87. The second-order valence-electron chi connectivity index (χ2n) is 6.13. The summed E-state index contributed by atoms with van der Waals surface area (Å²) in [6.45, 7) is 1.99. The molecule has 132 valence electrons. The van der Waals surface area contributed by atoms with E-state index < -0.39 is 0 Å². The summed E-state index contributed by atoms with van der Waals surface area (Å²) in [5, 5.41) is 9.31. The second kappa shape index (κ2) is 6.51. The minimum atomic E-state index is 0.478. The summed E-state index contributed by atoms with van der Waals surface area (Å²) in [5.41, 5.74) is 4.28. The van der Waals surface area contributed by atoms with E-state index in [1.807, 2.05) is 59.9 Å². The third kappa shape index (κ3) is 2.86. The average Bonchev–Trinajstić information content (AvgIpc) is 3.33. The Kier molecular flexibility index (Phi) is 3.86. The molecule has 0 aliphatic heterocycles. The molecule has 0 saturated heterocycles. The van der Waals surface area contributed by atoms with Gasteiger partial charge in [-0.05, 0) is 24.6 Å². The van der Waals surface area contributed by atoms with Gasteiger partial charge < -0.3 is 4.42 Å². The van der Waals surface area contributed by atoms with Crippen LogP contribution >= 0.6 is 11.8 Å². The Bertz CT molecular complexity index is 1230. The molecule has 7 heteroatoms. The first-order valence-corrected chi connectivity index (χ1v) is 9.52. The summed E-state index contributed by atoms with van der Waals surface area (Å²) < 4.78 is 7.81. The van der Waals surface area contributed by atoms with Crippen LogP contribution in [0.15, 0.2) is 70.2 Å². The topological polar surface area (TPSA) is 69.1 Å². The molecule has 0 aliphatic carbocycles. The lowest BCUT2D eigenvalue weighted by Crippen LogP contribution is -1.97. The third-order valence-corrected chi connectivity index (χ3v) is 5.34. The molecule has 0 fully saturated rings. The highest BCUT2D eigenvalue weighted by Crippen LogP contribution is 2.28. The number of oxazole rings is 1. The first kappa shape index (κ1) is 16.0. The van der Waals surface area contributed by atoms with Gasteiger partial charge in [0.15, 0.2) is 5.16 Å². The van der Waals surface area contributed by atoms with E-state index >= 15 is 0 Å². The summed E-state index contributed by atoms with van der Waals surface area (Å²) in [4.78, 5) is 9.16. The van der Waals surface area contributed by atoms with Crippen molar-refractivity contribution in [3.05, 3.63) is 71.9 Å². The molecule has 0 bridgehead atoms. The minimum Gasteiger partial charge on any atom is -0.417 e. The molecule has 3 aromatic heterocycles. The number of nitrogens with zero attached hydrogens (tertiary/aromatic N) is 5. The van der Waals surface area contributed by atoms with Crippen LogP contribution in [0.1, 0.15) is 11.3 Å². The van der Waals surface area contributed by atoms with Gasteiger partial charge in [0.2, 0.25) is 5.89 Å². The highest BCUT2D eigenvalue weighted by molar-refractivity contribution is 7.98. The van der Waals surface area contributed by atoms with Gasteiger partial charge in [0, 0.05) is 11.3 Å². The van der Waals surface area contributed by atoms with Gasteiger partial charge in [-0.15, -0.1) is 10.2 Å². The van der Waals surface area contributed by atoms with Crippen LogP contribution in [-0.4, -0.2) is 24.6 Å². The van der Waals surface area contributed by atoms with Gasteiger partial charge in [0.25, 0.3) is 11.5 Å². The van der Waals surface area contributed by atoms with E-state index in [0.717, 1.165) is 27.7 Å². The quantitative estimate of drug-likeness (QED) is 0.431. The number of thioether (sulfide) groups is 1. The first-order valence-electron chi connectivity index (χ1n) is 8.54. The van der Waals surface area contributed by atoms with Crippen LogP contribution in [0, 0.1) is 6.92 Å². The zero-order valence-electron chi connectivity index (χ0n) is 14.5. The molecule has 0 radical (unpaired) electrons. The van der Waals surface area contributed by atoms with Gasteiger partial charge in [-0.2, -0.15) is 4.98 Å². The van der Waals surface area contributed by atoms with Crippen LogP contribution in [0.2, 0.25) is 0 Å². The number of aromatic nitrogens is 5. The molecule has 0 atom stereocenters. The smallest absolute Gasteiger partial charge is 0.259 e. The Morgan fingerprint density at radius 3 is 2.44 bits per heavy atom. The Labute approximate surface area is 159 Å². The molecular formula is C20H15N5OS. The first-order chi connectivity index (χ1) is 13.3. The molecule has 0 spiro atoms. The predicted octanol–water partition coefficient (Wildman–Crippen LogP) is 4.53. The van der Waals surface area contributed by atoms with Crippen LogP contribution in [0.3, 0.4) is 0 Å². The normalized spacial score (nSPS) is 11.4. The average molecular weight is 373 g/mol. The van der Waals surface area contributed by atoms with Gasteiger partial charge in [0.1, 0.15) is 5.52 Å². The fourth-order valence-electron chi connectivity index (χ4n) is 2.97. The largest absolute Gasteiger partial charge is 0.417 e. The van der Waals surface area contributed by atoms with Crippen LogP contribution in [0.4, 0.5) is 0 Å². The Morgan fingerprint density at radius 2 is 1.67 bits per heavy atom. The number of aryl methyl sites for hydroxylation is 1. The molecule has 27 heavy (non-hydrogen) atoms. The van der Waals surface area contributed by atoms with Gasteiger partial charge in [-0.25, -0.2) is 4.98 Å². The fraction of sp³-hybridized carbons (Fsp3) is 0.100. The van der Waals surface area contributed by atoms with Crippen molar-refractivity contribution in [1.82, 2.24) is 24.6 Å². The summed E-state index contributed by atoms with van der Waals surface area (Å²) in [6.07, 6.45) is 0. The van der Waals surface area contributed by atoms with Crippen molar-refractivity contribution in [2.24, 2.45) is 0 Å². The van der Waals surface area contributed by atoms with Crippen molar-refractivity contribution in [2.75, 3.05) is 0 Å². The highest BCUT2D eigenvalue weighted by atomic mass is 32.2. The van der Waals surface area contributed by atoms with E-state index in [1.54, 1.807) is 11.8 Å². The molecule has 5 rings (SSSR count). The molecule has 0 N–H and O–H groups in total. The molecule has 5 aromatic rings. The van der Waals surface area contributed by atoms with Crippen LogP contribution in [0.25, 0.3) is 28.5 Å². The summed E-state index contributed by atoms with van der Waals surface area (Å²) in [5.74, 6) is 1.89. The molecule has 6 nitrogen and oxygen atoms in total. The Morgan fingerprint density at radius 1 is 0.926 bits per heavy atom. The standard InChI is InChI=1S/C20H15N5OS/c1-13-16-18(26-17(21-16)15-10-6-3-7-11-15)22-19-23-24-20(25(13)19)27-12-14-8-4-2-5-9-14/h2-11H,12H2,1H3. The predicted molar refractivity (Wildman–Crippen MR) is 105 cm³/mol. The van der Waals surface area contributed by atoms with Crippen molar-refractivity contribution >= 4 is 28.8 Å². The maximum atomic E-state index is 5.87. The molecule has 0 aliphatic rings. The lowest BCUT2D eigenvalue weighted by Gasteiger charge is -2.03. The van der Waals surface area contributed by atoms with Gasteiger partial charge >= 0.3 is 0 Å². The number of rotatable bonds is 4. The van der Waals surface area contributed by atoms with E-state index in [4.69, 9.17) is 4.42 Å². The summed E-state index contributed by atoms with van der Waals surface area (Å²) >= 11 is 1.63. The van der Waals surface area contributed by atoms with E-state index in [1.165, 1.54) is 5.56 Å². The second-order valence-corrected chi connectivity index (χ2v) is 7.07. The lowest BCUT2D eigenvalue weighted by molar-refractivity contribution is 0.608. The zero-order valence-corrected chi connectivity index (χ0v) is 15.3.